The lowest BCUT2D eigenvalue weighted by Crippen LogP contribution is -2.35. The summed E-state index contributed by atoms with van der Waals surface area (Å²) in [5.41, 5.74) is 1.81. The van der Waals surface area contributed by atoms with Gasteiger partial charge in [0.15, 0.2) is 0 Å². The molecule has 7 nitrogen and oxygen atoms in total. The first kappa shape index (κ1) is 23.2. The van der Waals surface area contributed by atoms with Crippen molar-refractivity contribution in [2.24, 2.45) is 0 Å². The number of rotatable bonds is 8. The fraction of sp³-hybridized carbons (Fsp3) is 0.435. The van der Waals surface area contributed by atoms with Gasteiger partial charge in [0.1, 0.15) is 5.75 Å². The molecule has 0 bridgehead atoms. The molecule has 2 aromatic rings. The smallest absolute Gasteiger partial charge is 0.308 e. The normalized spacial score (nSPS) is 21.5. The number of aryl methyl sites for hydroxylation is 1. The van der Waals surface area contributed by atoms with Gasteiger partial charge in [-0.1, -0.05) is 29.8 Å². The Bertz CT molecular complexity index is 968. The molecule has 1 saturated heterocycles. The monoisotopic (exact) mass is 448 g/mol. The SMILES string of the molecule is CCOC(=O)C[C@H]1C[C@@H](OS(=O)(=O)c2ccc(C)cc2)C[C@@H](c2ccc(OC)cc2)O1. The summed E-state index contributed by atoms with van der Waals surface area (Å²) < 4.78 is 47.5. The maximum absolute atomic E-state index is 12.8. The highest BCUT2D eigenvalue weighted by molar-refractivity contribution is 7.86. The van der Waals surface area contributed by atoms with Gasteiger partial charge >= 0.3 is 5.97 Å². The molecule has 168 valence electrons. The molecule has 8 heteroatoms. The van der Waals surface area contributed by atoms with Crippen molar-refractivity contribution in [1.29, 1.82) is 0 Å². The van der Waals surface area contributed by atoms with E-state index in [0.29, 0.717) is 12.2 Å². The average Bonchev–Trinajstić information content (AvgIpc) is 2.73. The van der Waals surface area contributed by atoms with E-state index in [-0.39, 0.29) is 30.3 Å². The molecule has 3 atom stereocenters. The standard InChI is InChI=1S/C23H28O7S/c1-4-28-23(24)15-19-13-20(30-31(25,26)21-11-5-16(2)6-12-21)14-22(29-19)17-7-9-18(27-3)10-8-17/h5-12,19-20,22H,4,13-15H2,1-3H3/t19-,20-,22+/m1/s1. The summed E-state index contributed by atoms with van der Waals surface area (Å²) in [4.78, 5) is 12.1. The topological polar surface area (TPSA) is 88.1 Å². The molecule has 0 saturated carbocycles. The van der Waals surface area contributed by atoms with Gasteiger partial charge in [-0.2, -0.15) is 8.42 Å². The zero-order chi connectivity index (χ0) is 22.4. The molecule has 0 spiro atoms. The van der Waals surface area contributed by atoms with Crippen molar-refractivity contribution < 1.29 is 31.6 Å². The second kappa shape index (κ2) is 10.3. The van der Waals surface area contributed by atoms with E-state index in [4.69, 9.17) is 18.4 Å². The van der Waals surface area contributed by atoms with Crippen molar-refractivity contribution in [2.75, 3.05) is 13.7 Å². The quantitative estimate of drug-likeness (QED) is 0.446. The lowest BCUT2D eigenvalue weighted by molar-refractivity contribution is -0.152. The molecule has 1 aliphatic heterocycles. The number of hydrogen-bond acceptors (Lipinski definition) is 7. The van der Waals surface area contributed by atoms with Crippen LogP contribution in [0.5, 0.6) is 5.75 Å². The van der Waals surface area contributed by atoms with Gasteiger partial charge in [0, 0.05) is 12.8 Å². The molecular weight excluding hydrogens is 420 g/mol. The van der Waals surface area contributed by atoms with Gasteiger partial charge in [-0.15, -0.1) is 0 Å². The van der Waals surface area contributed by atoms with Gasteiger partial charge in [-0.25, -0.2) is 0 Å². The third kappa shape index (κ3) is 6.29. The van der Waals surface area contributed by atoms with Crippen LogP contribution in [-0.4, -0.2) is 40.3 Å². The summed E-state index contributed by atoms with van der Waals surface area (Å²) in [6, 6.07) is 13.9. The van der Waals surface area contributed by atoms with Crippen molar-refractivity contribution in [3.05, 3.63) is 59.7 Å². The van der Waals surface area contributed by atoms with Crippen LogP contribution in [0.3, 0.4) is 0 Å². The summed E-state index contributed by atoms with van der Waals surface area (Å²) in [7, 11) is -2.36. The summed E-state index contributed by atoms with van der Waals surface area (Å²) in [5, 5.41) is 0. The molecule has 0 amide bonds. The Morgan fingerprint density at radius 3 is 2.35 bits per heavy atom. The maximum Gasteiger partial charge on any atom is 0.308 e. The number of methoxy groups -OCH3 is 1. The highest BCUT2D eigenvalue weighted by atomic mass is 32.2. The van der Waals surface area contributed by atoms with E-state index in [0.717, 1.165) is 11.1 Å². The van der Waals surface area contributed by atoms with Crippen molar-refractivity contribution in [3.8, 4) is 5.75 Å². The highest BCUT2D eigenvalue weighted by Gasteiger charge is 2.35. The van der Waals surface area contributed by atoms with E-state index in [9.17, 15) is 13.2 Å². The van der Waals surface area contributed by atoms with Gasteiger partial charge < -0.3 is 14.2 Å². The minimum absolute atomic E-state index is 0.0327. The predicted molar refractivity (Wildman–Crippen MR) is 114 cm³/mol. The predicted octanol–water partition coefficient (Wildman–Crippen LogP) is 3.95. The Morgan fingerprint density at radius 1 is 1.06 bits per heavy atom. The molecule has 3 rings (SSSR count). The van der Waals surface area contributed by atoms with Crippen molar-refractivity contribution >= 4 is 16.1 Å². The van der Waals surface area contributed by atoms with Crippen LogP contribution in [0.25, 0.3) is 0 Å². The van der Waals surface area contributed by atoms with Crippen LogP contribution in [0.4, 0.5) is 0 Å². The zero-order valence-corrected chi connectivity index (χ0v) is 18.8. The molecule has 1 aliphatic rings. The van der Waals surface area contributed by atoms with Crippen molar-refractivity contribution in [3.63, 3.8) is 0 Å². The highest BCUT2D eigenvalue weighted by Crippen LogP contribution is 2.36. The Morgan fingerprint density at radius 2 is 1.74 bits per heavy atom. The molecule has 1 heterocycles. The minimum Gasteiger partial charge on any atom is -0.497 e. The first-order valence-electron chi connectivity index (χ1n) is 10.3. The van der Waals surface area contributed by atoms with Gasteiger partial charge in [0.05, 0.1) is 43.3 Å². The molecule has 1 fully saturated rings. The summed E-state index contributed by atoms with van der Waals surface area (Å²) in [5.74, 6) is 0.320. The van der Waals surface area contributed by atoms with Crippen LogP contribution in [-0.2, 0) is 28.6 Å². The summed E-state index contributed by atoms with van der Waals surface area (Å²) >= 11 is 0. The summed E-state index contributed by atoms with van der Waals surface area (Å²) in [6.07, 6.45) is -0.917. The second-order valence-corrected chi connectivity index (χ2v) is 9.06. The number of carbonyl (C=O) groups excluding carboxylic acids is 1. The molecule has 0 N–H and O–H groups in total. The molecule has 0 radical (unpaired) electrons. The number of hydrogen-bond donors (Lipinski definition) is 0. The third-order valence-electron chi connectivity index (χ3n) is 5.12. The fourth-order valence-electron chi connectivity index (χ4n) is 3.56. The van der Waals surface area contributed by atoms with Gasteiger partial charge in [0.2, 0.25) is 0 Å². The van der Waals surface area contributed by atoms with Crippen LogP contribution in [0, 0.1) is 6.92 Å². The Kier molecular flexibility index (Phi) is 7.69. The van der Waals surface area contributed by atoms with E-state index in [1.165, 1.54) is 12.1 Å². The molecule has 0 aromatic heterocycles. The number of benzene rings is 2. The van der Waals surface area contributed by atoms with Gasteiger partial charge in [-0.3, -0.25) is 8.98 Å². The van der Waals surface area contributed by atoms with Crippen LogP contribution in [0.1, 0.15) is 43.4 Å². The van der Waals surface area contributed by atoms with Gasteiger partial charge in [0.25, 0.3) is 10.1 Å². The van der Waals surface area contributed by atoms with Crippen molar-refractivity contribution in [1.82, 2.24) is 0 Å². The first-order chi connectivity index (χ1) is 14.8. The molecular formula is C23H28O7S. The zero-order valence-electron chi connectivity index (χ0n) is 17.9. The average molecular weight is 449 g/mol. The van der Waals surface area contributed by atoms with E-state index in [1.807, 2.05) is 31.2 Å². The maximum atomic E-state index is 12.8. The first-order valence-corrected chi connectivity index (χ1v) is 11.7. The summed E-state index contributed by atoms with van der Waals surface area (Å²) in [6.45, 7) is 3.89. The molecule has 0 aliphatic carbocycles. The van der Waals surface area contributed by atoms with E-state index >= 15 is 0 Å². The second-order valence-electron chi connectivity index (χ2n) is 7.49. The molecule has 31 heavy (non-hydrogen) atoms. The van der Waals surface area contributed by atoms with Gasteiger partial charge in [-0.05, 0) is 43.7 Å². The van der Waals surface area contributed by atoms with Crippen LogP contribution in [0.2, 0.25) is 0 Å². The largest absolute Gasteiger partial charge is 0.497 e. The van der Waals surface area contributed by atoms with Crippen LogP contribution >= 0.6 is 0 Å². The minimum atomic E-state index is -3.95. The number of carbonyl (C=O) groups is 1. The van der Waals surface area contributed by atoms with Crippen LogP contribution < -0.4 is 4.74 Å². The Labute approximate surface area is 183 Å². The number of esters is 1. The van der Waals surface area contributed by atoms with E-state index in [1.54, 1.807) is 26.2 Å². The van der Waals surface area contributed by atoms with E-state index in [2.05, 4.69) is 0 Å². The Balaban J connectivity index is 1.79. The van der Waals surface area contributed by atoms with Crippen molar-refractivity contribution in [2.45, 2.75) is 56.3 Å². The van der Waals surface area contributed by atoms with E-state index < -0.39 is 28.4 Å². The molecule has 0 unspecified atom stereocenters. The van der Waals surface area contributed by atoms with Crippen LogP contribution in [0.15, 0.2) is 53.4 Å². The lowest BCUT2D eigenvalue weighted by Gasteiger charge is -2.35. The fourth-order valence-corrected chi connectivity index (χ4v) is 4.66. The molecule has 2 aromatic carbocycles. The third-order valence-corrected chi connectivity index (χ3v) is 6.49. The lowest BCUT2D eigenvalue weighted by atomic mass is 9.95. The Hall–Kier alpha value is -2.42. The number of ether oxygens (including phenoxy) is 3.